The molecule has 0 spiro atoms. The lowest BCUT2D eigenvalue weighted by molar-refractivity contribution is 0.0948. The molecule has 0 aliphatic rings. The minimum absolute atomic E-state index is 0.235. The van der Waals surface area contributed by atoms with Crippen molar-refractivity contribution in [3.05, 3.63) is 96.5 Å². The summed E-state index contributed by atoms with van der Waals surface area (Å²) >= 11 is 0. The van der Waals surface area contributed by atoms with Crippen molar-refractivity contribution in [3.8, 4) is 23.0 Å². The molecule has 8 nitrogen and oxygen atoms in total. The summed E-state index contributed by atoms with van der Waals surface area (Å²) in [5.74, 6) is 0.559. The van der Waals surface area contributed by atoms with Crippen LogP contribution in [0.1, 0.15) is 16.1 Å². The summed E-state index contributed by atoms with van der Waals surface area (Å²) in [6.07, 6.45) is 6.64. The quantitative estimate of drug-likeness (QED) is 0.434. The maximum Gasteiger partial charge on any atom is 0.272 e. The number of nitrogens with zero attached hydrogens (tertiary/aromatic N) is 5. The first-order valence-electron chi connectivity index (χ1n) is 10.2. The summed E-state index contributed by atoms with van der Waals surface area (Å²) in [5.41, 5.74) is 3.06. The highest BCUT2D eigenvalue weighted by atomic mass is 19.1. The number of imidazole rings is 1. The number of carbonyl (C=O) groups is 1. The Labute approximate surface area is 188 Å². The molecule has 3 heterocycles. The van der Waals surface area contributed by atoms with Crippen molar-refractivity contribution in [2.24, 2.45) is 0 Å². The van der Waals surface area contributed by atoms with Crippen LogP contribution < -0.4 is 10.1 Å². The van der Waals surface area contributed by atoms with Crippen LogP contribution in [0.4, 0.5) is 4.39 Å². The topological polar surface area (TPSA) is 86.3 Å². The van der Waals surface area contributed by atoms with Gasteiger partial charge in [-0.25, -0.2) is 14.1 Å². The number of rotatable bonds is 6. The van der Waals surface area contributed by atoms with Crippen LogP contribution in [0, 0.1) is 5.82 Å². The van der Waals surface area contributed by atoms with Crippen LogP contribution in [0.25, 0.3) is 22.7 Å². The van der Waals surface area contributed by atoms with Crippen LogP contribution in [-0.4, -0.2) is 37.2 Å². The molecule has 0 radical (unpaired) electrons. The fraction of sp³-hybridized carbons (Fsp3) is 0.0833. The molecule has 0 aliphatic carbocycles. The van der Waals surface area contributed by atoms with Gasteiger partial charge in [-0.05, 0) is 35.9 Å². The molecule has 3 aromatic heterocycles. The van der Waals surface area contributed by atoms with Crippen molar-refractivity contribution >= 4 is 11.4 Å². The van der Waals surface area contributed by atoms with Gasteiger partial charge in [0.2, 0.25) is 0 Å². The smallest absolute Gasteiger partial charge is 0.272 e. The third-order valence-electron chi connectivity index (χ3n) is 5.20. The number of amides is 1. The summed E-state index contributed by atoms with van der Waals surface area (Å²) in [7, 11) is 1.61. The van der Waals surface area contributed by atoms with E-state index in [-0.39, 0.29) is 24.0 Å². The number of halogens is 1. The van der Waals surface area contributed by atoms with E-state index in [0.29, 0.717) is 22.8 Å². The zero-order chi connectivity index (χ0) is 22.8. The van der Waals surface area contributed by atoms with Crippen LogP contribution >= 0.6 is 0 Å². The second-order valence-corrected chi connectivity index (χ2v) is 7.25. The third kappa shape index (κ3) is 3.91. The second-order valence-electron chi connectivity index (χ2n) is 7.25. The van der Waals surface area contributed by atoms with Crippen LogP contribution in [0.5, 0.6) is 5.75 Å². The lowest BCUT2D eigenvalue weighted by Gasteiger charge is -2.08. The molecule has 0 bridgehead atoms. The maximum atomic E-state index is 13.1. The van der Waals surface area contributed by atoms with Crippen LogP contribution in [-0.2, 0) is 6.54 Å². The summed E-state index contributed by atoms with van der Waals surface area (Å²) in [6.45, 7) is 0.246. The van der Waals surface area contributed by atoms with E-state index < -0.39 is 0 Å². The molecule has 164 valence electrons. The monoisotopic (exact) mass is 442 g/mol. The molecule has 5 aromatic rings. The molecular formula is C24H19FN6O2. The van der Waals surface area contributed by atoms with E-state index in [1.54, 1.807) is 53.1 Å². The van der Waals surface area contributed by atoms with E-state index in [4.69, 9.17) is 4.74 Å². The van der Waals surface area contributed by atoms with E-state index in [2.05, 4.69) is 20.4 Å². The van der Waals surface area contributed by atoms with Gasteiger partial charge in [0.05, 0.1) is 30.7 Å². The van der Waals surface area contributed by atoms with Crippen molar-refractivity contribution < 1.29 is 13.9 Å². The number of nitrogens with one attached hydrogen (secondary N) is 1. The Morgan fingerprint density at radius 2 is 1.97 bits per heavy atom. The lowest BCUT2D eigenvalue weighted by Crippen LogP contribution is -2.23. The molecule has 9 heteroatoms. The zero-order valence-electron chi connectivity index (χ0n) is 17.6. The Hall–Kier alpha value is -4.53. The molecule has 0 saturated carbocycles. The standard InChI is InChI=1S/C24H19FN6O2/c1-33-19-4-2-3-18(13-19)31-20(9-10-28-31)23-29-22(21-15-26-11-12-30(21)23)24(32)27-14-16-5-7-17(25)8-6-16/h2-13,15H,14H2,1H3,(H,27,32). The fourth-order valence-electron chi connectivity index (χ4n) is 3.58. The molecule has 1 amide bonds. The minimum atomic E-state index is -0.358. The Bertz CT molecular complexity index is 1440. The summed E-state index contributed by atoms with van der Waals surface area (Å²) in [5, 5.41) is 7.29. The van der Waals surface area contributed by atoms with E-state index >= 15 is 0 Å². The molecular weight excluding hydrogens is 423 g/mol. The highest BCUT2D eigenvalue weighted by molar-refractivity contribution is 5.99. The van der Waals surface area contributed by atoms with Crippen molar-refractivity contribution in [3.63, 3.8) is 0 Å². The number of hydrogen-bond acceptors (Lipinski definition) is 5. The number of fused-ring (bicyclic) bond motifs is 1. The molecule has 0 fully saturated rings. The first-order chi connectivity index (χ1) is 16.1. The van der Waals surface area contributed by atoms with E-state index in [1.165, 1.54) is 12.1 Å². The van der Waals surface area contributed by atoms with E-state index in [1.807, 2.05) is 30.3 Å². The van der Waals surface area contributed by atoms with Crippen LogP contribution in [0.15, 0.2) is 79.4 Å². The van der Waals surface area contributed by atoms with E-state index in [0.717, 1.165) is 11.3 Å². The maximum absolute atomic E-state index is 13.1. The average Bonchev–Trinajstić information content (AvgIpc) is 3.48. The molecule has 2 aromatic carbocycles. The second kappa shape index (κ2) is 8.54. The first-order valence-corrected chi connectivity index (χ1v) is 10.2. The molecule has 5 rings (SSSR count). The van der Waals surface area contributed by atoms with Gasteiger partial charge in [0.25, 0.3) is 5.91 Å². The van der Waals surface area contributed by atoms with Gasteiger partial charge in [-0.15, -0.1) is 0 Å². The van der Waals surface area contributed by atoms with Gasteiger partial charge in [-0.3, -0.25) is 14.2 Å². The first kappa shape index (κ1) is 20.4. The number of hydrogen-bond donors (Lipinski definition) is 1. The predicted molar refractivity (Wildman–Crippen MR) is 120 cm³/mol. The van der Waals surface area contributed by atoms with Gasteiger partial charge in [0.15, 0.2) is 11.5 Å². The van der Waals surface area contributed by atoms with Crippen LogP contribution in [0.3, 0.4) is 0 Å². The summed E-state index contributed by atoms with van der Waals surface area (Å²) < 4.78 is 22.0. The van der Waals surface area contributed by atoms with Crippen LogP contribution in [0.2, 0.25) is 0 Å². The zero-order valence-corrected chi connectivity index (χ0v) is 17.6. The lowest BCUT2D eigenvalue weighted by atomic mass is 10.2. The largest absolute Gasteiger partial charge is 0.497 e. The predicted octanol–water partition coefficient (Wildman–Crippen LogP) is 3.66. The van der Waals surface area contributed by atoms with Gasteiger partial charge in [0.1, 0.15) is 17.3 Å². The van der Waals surface area contributed by atoms with Gasteiger partial charge >= 0.3 is 0 Å². The van der Waals surface area contributed by atoms with E-state index in [9.17, 15) is 9.18 Å². The summed E-state index contributed by atoms with van der Waals surface area (Å²) in [6, 6.07) is 15.3. The third-order valence-corrected chi connectivity index (χ3v) is 5.20. The Morgan fingerprint density at radius 1 is 1.12 bits per heavy atom. The molecule has 0 saturated heterocycles. The van der Waals surface area contributed by atoms with Crippen molar-refractivity contribution in [2.75, 3.05) is 7.11 Å². The Balaban J connectivity index is 1.52. The number of methoxy groups -OCH3 is 1. The van der Waals surface area contributed by atoms with Gasteiger partial charge in [-0.1, -0.05) is 18.2 Å². The number of benzene rings is 2. The SMILES string of the molecule is COc1cccc(-n2nccc2-c2nc(C(=O)NCc3ccc(F)cc3)c3cnccn23)c1. The number of aromatic nitrogens is 5. The van der Waals surface area contributed by atoms with Gasteiger partial charge in [-0.2, -0.15) is 5.10 Å². The van der Waals surface area contributed by atoms with Gasteiger partial charge in [0, 0.05) is 25.0 Å². The highest BCUT2D eigenvalue weighted by Gasteiger charge is 2.21. The Morgan fingerprint density at radius 3 is 2.79 bits per heavy atom. The minimum Gasteiger partial charge on any atom is -0.497 e. The number of carbonyl (C=O) groups excluding carboxylic acids is 1. The molecule has 0 aliphatic heterocycles. The van der Waals surface area contributed by atoms with Crippen molar-refractivity contribution in [2.45, 2.75) is 6.54 Å². The number of ether oxygens (including phenoxy) is 1. The average molecular weight is 442 g/mol. The Kier molecular flexibility index (Phi) is 5.27. The van der Waals surface area contributed by atoms with Crippen molar-refractivity contribution in [1.29, 1.82) is 0 Å². The molecule has 0 atom stereocenters. The molecule has 33 heavy (non-hydrogen) atoms. The van der Waals surface area contributed by atoms with Gasteiger partial charge < -0.3 is 10.1 Å². The molecule has 1 N–H and O–H groups in total. The van der Waals surface area contributed by atoms with Crippen molar-refractivity contribution in [1.82, 2.24) is 29.5 Å². The molecule has 0 unspecified atom stereocenters. The highest BCUT2D eigenvalue weighted by Crippen LogP contribution is 2.26. The summed E-state index contributed by atoms with van der Waals surface area (Å²) in [4.78, 5) is 21.8. The fourth-order valence-corrected chi connectivity index (χ4v) is 3.58. The normalized spacial score (nSPS) is 11.0.